The molecule has 0 spiro atoms. The lowest BCUT2D eigenvalue weighted by Gasteiger charge is -2.23. The maximum atomic E-state index is 11.6. The largest absolute Gasteiger partial charge is 0.486 e. The van der Waals surface area contributed by atoms with Gasteiger partial charge in [-0.2, -0.15) is 0 Å². The number of carboxylic acids is 1. The molecule has 5 nitrogen and oxygen atoms in total. The summed E-state index contributed by atoms with van der Waals surface area (Å²) in [6.45, 7) is 3.61. The lowest BCUT2D eigenvalue weighted by molar-refractivity contribution is -0.139. The molecule has 0 saturated carbocycles. The van der Waals surface area contributed by atoms with Gasteiger partial charge in [0.25, 0.3) is 0 Å². The van der Waals surface area contributed by atoms with E-state index < -0.39 is 11.9 Å². The van der Waals surface area contributed by atoms with Gasteiger partial charge in [-0.1, -0.05) is 6.07 Å². The number of carbonyl (C=O) groups is 1. The molecule has 2 aliphatic heterocycles. The predicted octanol–water partition coefficient (Wildman–Crippen LogP) is 1.72. The Labute approximate surface area is 118 Å². The van der Waals surface area contributed by atoms with Crippen LogP contribution >= 0.6 is 0 Å². The standard InChI is InChI=1S/C15H19NO4/c17-15(18)12(10-16-5-1-2-6-16)11-3-4-13-14(9-11)20-8-7-19-13/h3-4,9,12H,1-2,5-8,10H2,(H,17,18). The first-order valence-electron chi connectivity index (χ1n) is 7.09. The number of aliphatic carboxylic acids is 1. The molecule has 1 aromatic carbocycles. The SMILES string of the molecule is O=C(O)C(CN1CCCC1)c1ccc2c(c1)OCCO2. The van der Waals surface area contributed by atoms with Crippen LogP contribution in [0.5, 0.6) is 11.5 Å². The number of likely N-dealkylation sites (tertiary alicyclic amines) is 1. The highest BCUT2D eigenvalue weighted by atomic mass is 16.6. The highest BCUT2D eigenvalue weighted by Crippen LogP contribution is 2.33. The third-order valence-electron chi connectivity index (χ3n) is 3.91. The molecule has 1 atom stereocenters. The molecular formula is C15H19NO4. The lowest BCUT2D eigenvalue weighted by Crippen LogP contribution is -2.29. The molecule has 0 bridgehead atoms. The van der Waals surface area contributed by atoms with E-state index in [2.05, 4.69) is 4.90 Å². The van der Waals surface area contributed by atoms with Crippen molar-refractivity contribution in [1.82, 2.24) is 4.90 Å². The van der Waals surface area contributed by atoms with Gasteiger partial charge < -0.3 is 19.5 Å². The highest BCUT2D eigenvalue weighted by Gasteiger charge is 2.26. The summed E-state index contributed by atoms with van der Waals surface area (Å²) in [4.78, 5) is 13.8. The monoisotopic (exact) mass is 277 g/mol. The van der Waals surface area contributed by atoms with E-state index in [4.69, 9.17) is 9.47 Å². The number of fused-ring (bicyclic) bond motifs is 1. The summed E-state index contributed by atoms with van der Waals surface area (Å²) in [5, 5.41) is 9.49. The van der Waals surface area contributed by atoms with Crippen LogP contribution in [0.1, 0.15) is 24.3 Å². The first-order valence-corrected chi connectivity index (χ1v) is 7.09. The fourth-order valence-corrected chi connectivity index (χ4v) is 2.83. The summed E-state index contributed by atoms with van der Waals surface area (Å²) in [5.74, 6) is 0.0595. The molecular weight excluding hydrogens is 258 g/mol. The third-order valence-corrected chi connectivity index (χ3v) is 3.91. The van der Waals surface area contributed by atoms with Gasteiger partial charge in [0.2, 0.25) is 0 Å². The van der Waals surface area contributed by atoms with Crippen LogP contribution in [0.4, 0.5) is 0 Å². The van der Waals surface area contributed by atoms with Crippen molar-refractivity contribution in [3.05, 3.63) is 23.8 Å². The Morgan fingerprint density at radius 3 is 2.60 bits per heavy atom. The minimum Gasteiger partial charge on any atom is -0.486 e. The van der Waals surface area contributed by atoms with E-state index in [1.807, 2.05) is 18.2 Å². The normalized spacial score (nSPS) is 19.8. The highest BCUT2D eigenvalue weighted by molar-refractivity contribution is 5.76. The molecule has 5 heteroatoms. The minimum atomic E-state index is -0.784. The van der Waals surface area contributed by atoms with E-state index in [-0.39, 0.29) is 0 Å². The number of nitrogens with zero attached hydrogens (tertiary/aromatic N) is 1. The number of carboxylic acid groups (broad SMARTS) is 1. The second-order valence-corrected chi connectivity index (χ2v) is 5.30. The van der Waals surface area contributed by atoms with Crippen LogP contribution in [0.15, 0.2) is 18.2 Å². The van der Waals surface area contributed by atoms with Crippen LogP contribution in [-0.4, -0.2) is 48.8 Å². The zero-order chi connectivity index (χ0) is 13.9. The Kier molecular flexibility index (Phi) is 3.78. The van der Waals surface area contributed by atoms with Gasteiger partial charge in [-0.15, -0.1) is 0 Å². The summed E-state index contributed by atoms with van der Waals surface area (Å²) in [7, 11) is 0. The van der Waals surface area contributed by atoms with Gasteiger partial charge in [0.05, 0.1) is 5.92 Å². The summed E-state index contributed by atoms with van der Waals surface area (Å²) < 4.78 is 11.0. The van der Waals surface area contributed by atoms with E-state index in [0.717, 1.165) is 31.5 Å². The van der Waals surface area contributed by atoms with Gasteiger partial charge in [-0.3, -0.25) is 4.79 Å². The molecule has 108 valence electrons. The van der Waals surface area contributed by atoms with Crippen LogP contribution < -0.4 is 9.47 Å². The molecule has 1 unspecified atom stereocenters. The van der Waals surface area contributed by atoms with Crippen molar-refractivity contribution >= 4 is 5.97 Å². The van der Waals surface area contributed by atoms with E-state index in [1.54, 1.807) is 0 Å². The minimum absolute atomic E-state index is 0.510. The van der Waals surface area contributed by atoms with Gasteiger partial charge in [0.1, 0.15) is 13.2 Å². The Morgan fingerprint density at radius 2 is 1.90 bits per heavy atom. The van der Waals surface area contributed by atoms with Crippen LogP contribution in [-0.2, 0) is 4.79 Å². The van der Waals surface area contributed by atoms with Crippen molar-refractivity contribution in [3.63, 3.8) is 0 Å². The second-order valence-electron chi connectivity index (χ2n) is 5.30. The smallest absolute Gasteiger partial charge is 0.312 e. The van der Waals surface area contributed by atoms with Crippen LogP contribution in [0.25, 0.3) is 0 Å². The Hall–Kier alpha value is -1.75. The Balaban J connectivity index is 1.81. The average Bonchev–Trinajstić information content (AvgIpc) is 2.97. The fourth-order valence-electron chi connectivity index (χ4n) is 2.83. The maximum absolute atomic E-state index is 11.6. The number of rotatable bonds is 4. The summed E-state index contributed by atoms with van der Waals surface area (Å²) in [5.41, 5.74) is 0.786. The first kappa shape index (κ1) is 13.2. The topological polar surface area (TPSA) is 59.0 Å². The number of hydrogen-bond acceptors (Lipinski definition) is 4. The number of ether oxygens (including phenoxy) is 2. The van der Waals surface area contributed by atoms with Crippen molar-refractivity contribution in [1.29, 1.82) is 0 Å². The van der Waals surface area contributed by atoms with Gasteiger partial charge in [0.15, 0.2) is 11.5 Å². The van der Waals surface area contributed by atoms with Gasteiger partial charge in [-0.05, 0) is 43.6 Å². The van der Waals surface area contributed by atoms with Crippen LogP contribution in [0, 0.1) is 0 Å². The molecule has 3 rings (SSSR count). The molecule has 0 aliphatic carbocycles. The molecule has 1 saturated heterocycles. The molecule has 1 N–H and O–H groups in total. The number of benzene rings is 1. The first-order chi connectivity index (χ1) is 9.74. The van der Waals surface area contributed by atoms with Crippen molar-refractivity contribution in [2.24, 2.45) is 0 Å². The van der Waals surface area contributed by atoms with Crippen molar-refractivity contribution < 1.29 is 19.4 Å². The van der Waals surface area contributed by atoms with Crippen molar-refractivity contribution in [2.45, 2.75) is 18.8 Å². The molecule has 2 aliphatic rings. The maximum Gasteiger partial charge on any atom is 0.312 e. The quantitative estimate of drug-likeness (QED) is 0.908. The second kappa shape index (κ2) is 5.71. The van der Waals surface area contributed by atoms with Gasteiger partial charge in [-0.25, -0.2) is 0 Å². The molecule has 1 aromatic rings. The van der Waals surface area contributed by atoms with Crippen molar-refractivity contribution in [3.8, 4) is 11.5 Å². The summed E-state index contributed by atoms with van der Waals surface area (Å²) >= 11 is 0. The molecule has 1 fully saturated rings. The van der Waals surface area contributed by atoms with Crippen molar-refractivity contribution in [2.75, 3.05) is 32.8 Å². The van der Waals surface area contributed by atoms with Gasteiger partial charge >= 0.3 is 5.97 Å². The average molecular weight is 277 g/mol. The summed E-state index contributed by atoms with van der Waals surface area (Å²) in [6, 6.07) is 5.45. The van der Waals surface area contributed by atoms with E-state index >= 15 is 0 Å². The van der Waals surface area contributed by atoms with Gasteiger partial charge in [0, 0.05) is 6.54 Å². The zero-order valence-electron chi connectivity index (χ0n) is 11.4. The Bertz CT molecular complexity index is 497. The third kappa shape index (κ3) is 2.72. The van der Waals surface area contributed by atoms with E-state index in [0.29, 0.717) is 31.3 Å². The Morgan fingerprint density at radius 1 is 1.20 bits per heavy atom. The molecule has 0 aromatic heterocycles. The van der Waals surface area contributed by atoms with E-state index in [9.17, 15) is 9.90 Å². The summed E-state index contributed by atoms with van der Waals surface area (Å²) in [6.07, 6.45) is 2.32. The molecule has 20 heavy (non-hydrogen) atoms. The lowest BCUT2D eigenvalue weighted by atomic mass is 9.98. The molecule has 0 radical (unpaired) electrons. The molecule has 0 amide bonds. The molecule has 2 heterocycles. The van der Waals surface area contributed by atoms with Crippen LogP contribution in [0.3, 0.4) is 0 Å². The zero-order valence-corrected chi connectivity index (χ0v) is 11.4. The van der Waals surface area contributed by atoms with Crippen LogP contribution in [0.2, 0.25) is 0 Å². The number of hydrogen-bond donors (Lipinski definition) is 1. The predicted molar refractivity (Wildman–Crippen MR) is 73.5 cm³/mol. The fraction of sp³-hybridized carbons (Fsp3) is 0.533. The van der Waals surface area contributed by atoms with E-state index in [1.165, 1.54) is 0 Å².